The highest BCUT2D eigenvalue weighted by Crippen LogP contribution is 2.45. The SMILES string of the molecule is C=C1C=C2C=C[C@H](C)[C@H](CC[C@@H]3C[C@@H](O)CC(=O)O3)[C@H]2[C@@H](OC(=O)C(C)(C)CC)C1. The number of aliphatic hydroxyl groups excluding tert-OH is 1. The number of carbonyl (C=O) groups excluding carboxylic acids is 2. The summed E-state index contributed by atoms with van der Waals surface area (Å²) in [6.07, 6.45) is 8.89. The van der Waals surface area contributed by atoms with Gasteiger partial charge in [-0.25, -0.2) is 0 Å². The Morgan fingerprint density at radius 3 is 2.73 bits per heavy atom. The van der Waals surface area contributed by atoms with E-state index in [4.69, 9.17) is 9.47 Å². The Balaban J connectivity index is 1.77. The number of esters is 2. The van der Waals surface area contributed by atoms with Crippen LogP contribution in [0.2, 0.25) is 0 Å². The third-order valence-electron chi connectivity index (χ3n) is 7.10. The van der Waals surface area contributed by atoms with Gasteiger partial charge in [-0.05, 0) is 50.5 Å². The van der Waals surface area contributed by atoms with Crippen molar-refractivity contribution in [1.82, 2.24) is 0 Å². The second kappa shape index (κ2) is 9.09. The van der Waals surface area contributed by atoms with Gasteiger partial charge in [-0.3, -0.25) is 9.59 Å². The van der Waals surface area contributed by atoms with Crippen molar-refractivity contribution in [3.63, 3.8) is 0 Å². The molecule has 0 radical (unpaired) electrons. The molecule has 2 aliphatic carbocycles. The first-order chi connectivity index (χ1) is 14.1. The number of fused-ring (bicyclic) bond motifs is 1. The van der Waals surface area contributed by atoms with E-state index in [1.54, 1.807) is 0 Å². The molecule has 0 amide bonds. The average molecular weight is 417 g/mol. The minimum Gasteiger partial charge on any atom is -0.462 e. The maximum absolute atomic E-state index is 12.8. The van der Waals surface area contributed by atoms with E-state index in [0.717, 1.165) is 18.4 Å². The summed E-state index contributed by atoms with van der Waals surface area (Å²) in [4.78, 5) is 24.5. The van der Waals surface area contributed by atoms with E-state index in [0.29, 0.717) is 25.2 Å². The highest BCUT2D eigenvalue weighted by Gasteiger charge is 2.42. The molecule has 3 rings (SSSR count). The molecule has 5 heteroatoms. The zero-order valence-electron chi connectivity index (χ0n) is 18.7. The predicted octanol–water partition coefficient (Wildman–Crippen LogP) is 4.51. The largest absolute Gasteiger partial charge is 0.462 e. The van der Waals surface area contributed by atoms with E-state index in [2.05, 4.69) is 31.7 Å². The minimum atomic E-state index is -0.613. The van der Waals surface area contributed by atoms with Crippen LogP contribution in [0.15, 0.2) is 36.0 Å². The molecule has 0 bridgehead atoms. The van der Waals surface area contributed by atoms with Crippen molar-refractivity contribution >= 4 is 11.9 Å². The van der Waals surface area contributed by atoms with Crippen LogP contribution in [0.25, 0.3) is 0 Å². The first kappa shape index (κ1) is 22.8. The zero-order valence-corrected chi connectivity index (χ0v) is 18.7. The molecule has 30 heavy (non-hydrogen) atoms. The minimum absolute atomic E-state index is 0.0852. The molecule has 0 aromatic carbocycles. The van der Waals surface area contributed by atoms with Crippen molar-refractivity contribution in [3.05, 3.63) is 36.0 Å². The average Bonchev–Trinajstić information content (AvgIpc) is 2.66. The van der Waals surface area contributed by atoms with E-state index in [1.807, 2.05) is 20.8 Å². The Labute approximate surface area is 180 Å². The fourth-order valence-electron chi connectivity index (χ4n) is 4.82. The van der Waals surface area contributed by atoms with Crippen LogP contribution < -0.4 is 0 Å². The highest BCUT2D eigenvalue weighted by atomic mass is 16.6. The zero-order chi connectivity index (χ0) is 22.1. The number of hydrogen-bond donors (Lipinski definition) is 1. The van der Waals surface area contributed by atoms with E-state index < -0.39 is 11.5 Å². The predicted molar refractivity (Wildman–Crippen MR) is 115 cm³/mol. The molecular formula is C25H36O5. The number of ether oxygens (including phenoxy) is 2. The Morgan fingerprint density at radius 2 is 2.07 bits per heavy atom. The van der Waals surface area contributed by atoms with Crippen LogP contribution in [0.1, 0.15) is 66.2 Å². The van der Waals surface area contributed by atoms with Crippen LogP contribution in [0, 0.1) is 23.2 Å². The molecule has 3 aliphatic rings. The molecule has 1 heterocycles. The Morgan fingerprint density at radius 1 is 1.33 bits per heavy atom. The topological polar surface area (TPSA) is 72.8 Å². The summed E-state index contributed by atoms with van der Waals surface area (Å²) in [5, 5.41) is 9.91. The summed E-state index contributed by atoms with van der Waals surface area (Å²) in [5.41, 5.74) is 1.64. The van der Waals surface area contributed by atoms with Gasteiger partial charge in [-0.15, -0.1) is 0 Å². The van der Waals surface area contributed by atoms with Crippen LogP contribution >= 0.6 is 0 Å². The molecule has 0 saturated carbocycles. The van der Waals surface area contributed by atoms with Crippen molar-refractivity contribution in [3.8, 4) is 0 Å². The van der Waals surface area contributed by atoms with E-state index in [9.17, 15) is 14.7 Å². The Hall–Kier alpha value is -1.88. The van der Waals surface area contributed by atoms with E-state index in [1.165, 1.54) is 5.57 Å². The first-order valence-corrected chi connectivity index (χ1v) is 11.3. The molecule has 1 fully saturated rings. The lowest BCUT2D eigenvalue weighted by atomic mass is 9.66. The summed E-state index contributed by atoms with van der Waals surface area (Å²) in [7, 11) is 0. The molecule has 0 spiro atoms. The number of cyclic esters (lactones) is 1. The van der Waals surface area contributed by atoms with Crippen molar-refractivity contribution in [2.24, 2.45) is 23.2 Å². The van der Waals surface area contributed by atoms with Crippen LogP contribution in [-0.2, 0) is 19.1 Å². The second-order valence-electron chi connectivity index (χ2n) is 9.88. The Kier molecular flexibility index (Phi) is 6.91. The quantitative estimate of drug-likeness (QED) is 0.645. The molecule has 6 atom stereocenters. The van der Waals surface area contributed by atoms with Crippen LogP contribution in [0.4, 0.5) is 0 Å². The van der Waals surface area contributed by atoms with Crippen molar-refractivity contribution in [2.45, 2.75) is 84.5 Å². The lowest BCUT2D eigenvalue weighted by Crippen LogP contribution is -2.42. The fraction of sp³-hybridized carbons (Fsp3) is 0.680. The molecule has 5 nitrogen and oxygen atoms in total. The normalized spacial score (nSPS) is 34.1. The van der Waals surface area contributed by atoms with Gasteiger partial charge in [-0.1, -0.05) is 44.2 Å². The van der Waals surface area contributed by atoms with Gasteiger partial charge in [0, 0.05) is 18.8 Å². The van der Waals surface area contributed by atoms with E-state index >= 15 is 0 Å². The van der Waals surface area contributed by atoms with Gasteiger partial charge in [0.15, 0.2) is 0 Å². The molecule has 166 valence electrons. The fourth-order valence-corrected chi connectivity index (χ4v) is 4.82. The summed E-state index contributed by atoms with van der Waals surface area (Å²) in [5.74, 6) is 0.224. The molecule has 1 aliphatic heterocycles. The number of rotatable bonds is 6. The van der Waals surface area contributed by atoms with Gasteiger partial charge in [0.25, 0.3) is 0 Å². The molecule has 0 aromatic rings. The summed E-state index contributed by atoms with van der Waals surface area (Å²) < 4.78 is 11.5. The van der Waals surface area contributed by atoms with Crippen LogP contribution in [0.5, 0.6) is 0 Å². The summed E-state index contributed by atoms with van der Waals surface area (Å²) in [6.45, 7) is 12.2. The third kappa shape index (κ3) is 5.05. The Bertz CT molecular complexity index is 747. The lowest BCUT2D eigenvalue weighted by Gasteiger charge is -2.43. The summed E-state index contributed by atoms with van der Waals surface area (Å²) >= 11 is 0. The smallest absolute Gasteiger partial charge is 0.311 e. The highest BCUT2D eigenvalue weighted by molar-refractivity contribution is 5.76. The van der Waals surface area contributed by atoms with Gasteiger partial charge in [0.1, 0.15) is 12.2 Å². The van der Waals surface area contributed by atoms with Crippen LogP contribution in [-0.4, -0.2) is 35.4 Å². The van der Waals surface area contributed by atoms with Gasteiger partial charge in [0.05, 0.1) is 17.9 Å². The van der Waals surface area contributed by atoms with Crippen molar-refractivity contribution < 1.29 is 24.2 Å². The number of carbonyl (C=O) groups is 2. The van der Waals surface area contributed by atoms with Gasteiger partial charge in [-0.2, -0.15) is 0 Å². The number of allylic oxidation sites excluding steroid dienone is 3. The molecule has 1 saturated heterocycles. The van der Waals surface area contributed by atoms with Crippen molar-refractivity contribution in [2.75, 3.05) is 0 Å². The van der Waals surface area contributed by atoms with Gasteiger partial charge >= 0.3 is 11.9 Å². The maximum Gasteiger partial charge on any atom is 0.311 e. The number of aliphatic hydroxyl groups is 1. The number of hydrogen-bond acceptors (Lipinski definition) is 5. The van der Waals surface area contributed by atoms with Gasteiger partial charge < -0.3 is 14.6 Å². The molecule has 0 aromatic heterocycles. The lowest BCUT2D eigenvalue weighted by molar-refractivity contribution is -0.165. The van der Waals surface area contributed by atoms with E-state index in [-0.39, 0.29) is 42.4 Å². The molecular weight excluding hydrogens is 380 g/mol. The molecule has 1 N–H and O–H groups in total. The second-order valence-corrected chi connectivity index (χ2v) is 9.88. The molecule has 0 unspecified atom stereocenters. The first-order valence-electron chi connectivity index (χ1n) is 11.3. The summed E-state index contributed by atoms with van der Waals surface area (Å²) in [6, 6.07) is 0. The van der Waals surface area contributed by atoms with Crippen molar-refractivity contribution in [1.29, 1.82) is 0 Å². The standard InChI is InChI=1S/C25H36O5/c1-6-25(4,5)24(28)30-21-12-15(2)11-17-8-7-16(3)20(23(17)21)10-9-19-13-18(26)14-22(27)29-19/h7-8,11,16,18-21,23,26H,2,6,9-10,12-14H2,1,3-5H3/t16-,18+,19+,20-,21-,23-/m0/s1. The monoisotopic (exact) mass is 416 g/mol. The maximum atomic E-state index is 12.8. The third-order valence-corrected chi connectivity index (χ3v) is 7.10. The van der Waals surface area contributed by atoms with Crippen LogP contribution in [0.3, 0.4) is 0 Å². The van der Waals surface area contributed by atoms with Gasteiger partial charge in [0.2, 0.25) is 0 Å².